The second-order valence-electron chi connectivity index (χ2n) is 15.2. The van der Waals surface area contributed by atoms with E-state index in [1.165, 1.54) is 5.56 Å². The molecule has 9 aromatic rings. The predicted molar refractivity (Wildman–Crippen MR) is 235 cm³/mol. The van der Waals surface area contributed by atoms with Crippen LogP contribution in [-0.4, -0.2) is 15.0 Å². The van der Waals surface area contributed by atoms with Gasteiger partial charge in [-0.3, -0.25) is 9.97 Å². The molecule has 0 fully saturated rings. The molecule has 270 valence electrons. The Morgan fingerprint density at radius 3 is 1.41 bits per heavy atom. The van der Waals surface area contributed by atoms with Gasteiger partial charge in [-0.05, 0) is 97.2 Å². The number of benzene rings is 6. The summed E-state index contributed by atoms with van der Waals surface area (Å²) in [6.45, 7) is 6.79. The van der Waals surface area contributed by atoms with E-state index in [-0.39, 0.29) is 5.41 Å². The fraction of sp³-hybridized carbons (Fsp3) is 0.0784. The van der Waals surface area contributed by atoms with Crippen LogP contribution in [0.25, 0.3) is 66.3 Å². The van der Waals surface area contributed by atoms with Gasteiger partial charge >= 0.3 is 0 Å². The van der Waals surface area contributed by atoms with Crippen molar-refractivity contribution in [2.45, 2.75) is 26.2 Å². The Hall–Kier alpha value is -6.48. The van der Waals surface area contributed by atoms with Gasteiger partial charge in [-0.1, -0.05) is 142 Å². The third kappa shape index (κ3) is 6.32. The molecule has 0 N–H and O–H groups in total. The van der Waals surface area contributed by atoms with Gasteiger partial charge in [0.05, 0.1) is 11.4 Å². The van der Waals surface area contributed by atoms with Crippen LogP contribution in [-0.2, 0) is 9.98 Å². The lowest BCUT2D eigenvalue weighted by Gasteiger charge is -2.24. The van der Waals surface area contributed by atoms with Gasteiger partial charge in [-0.2, -0.15) is 0 Å². The molecule has 0 atom stereocenters. The van der Waals surface area contributed by atoms with Crippen molar-refractivity contribution in [1.82, 2.24) is 15.0 Å². The molecule has 0 amide bonds. The van der Waals surface area contributed by atoms with Crippen molar-refractivity contribution in [3.05, 3.63) is 194 Å². The zero-order valence-corrected chi connectivity index (χ0v) is 32.5. The van der Waals surface area contributed by atoms with E-state index >= 15 is 4.57 Å². The summed E-state index contributed by atoms with van der Waals surface area (Å²) in [7, 11) is -3.13. The van der Waals surface area contributed by atoms with Gasteiger partial charge in [-0.15, -0.1) is 0 Å². The zero-order chi connectivity index (χ0) is 38.3. The van der Waals surface area contributed by atoms with E-state index in [0.717, 1.165) is 82.2 Å². The third-order valence-electron chi connectivity index (χ3n) is 10.7. The molecule has 0 aliphatic heterocycles. The fourth-order valence-corrected chi connectivity index (χ4v) is 10.5. The highest BCUT2D eigenvalue weighted by molar-refractivity contribution is 7.85. The van der Waals surface area contributed by atoms with Gasteiger partial charge in [0, 0.05) is 51.8 Å². The number of fused-ring (bicyclic) bond motifs is 2. The highest BCUT2D eigenvalue weighted by Gasteiger charge is 2.30. The van der Waals surface area contributed by atoms with Crippen LogP contribution in [0.15, 0.2) is 189 Å². The Balaban J connectivity index is 1.31. The van der Waals surface area contributed by atoms with Crippen molar-refractivity contribution in [2.24, 2.45) is 0 Å². The summed E-state index contributed by atoms with van der Waals surface area (Å²) >= 11 is 0. The lowest BCUT2D eigenvalue weighted by Crippen LogP contribution is -2.24. The first-order valence-corrected chi connectivity index (χ1v) is 20.6. The monoisotopic (exact) mass is 741 g/mol. The Labute approximate surface area is 328 Å². The van der Waals surface area contributed by atoms with E-state index in [1.54, 1.807) is 12.4 Å². The molecule has 3 aromatic heterocycles. The lowest BCUT2D eigenvalue weighted by atomic mass is 9.81. The van der Waals surface area contributed by atoms with E-state index < -0.39 is 7.14 Å². The second kappa shape index (κ2) is 14.3. The van der Waals surface area contributed by atoms with E-state index in [2.05, 4.69) is 122 Å². The summed E-state index contributed by atoms with van der Waals surface area (Å²) in [5.41, 5.74) is 9.20. The van der Waals surface area contributed by atoms with E-state index in [0.29, 0.717) is 0 Å². The fourth-order valence-electron chi connectivity index (χ4n) is 7.83. The van der Waals surface area contributed by atoms with Crippen molar-refractivity contribution in [1.29, 1.82) is 0 Å². The third-order valence-corrected chi connectivity index (χ3v) is 13.8. The Bertz CT molecular complexity index is 2790. The molecule has 3 heterocycles. The Morgan fingerprint density at radius 1 is 0.429 bits per heavy atom. The molecule has 0 saturated carbocycles. The maximum absolute atomic E-state index is 15.3. The summed E-state index contributed by atoms with van der Waals surface area (Å²) in [5, 5.41) is 7.05. The summed E-state index contributed by atoms with van der Waals surface area (Å²) in [5.74, 6) is 0. The molecule has 5 heteroatoms. The van der Waals surface area contributed by atoms with Gasteiger partial charge in [-0.25, -0.2) is 4.98 Å². The summed E-state index contributed by atoms with van der Waals surface area (Å²) < 4.78 is 15.3. The van der Waals surface area contributed by atoms with Gasteiger partial charge in [0.25, 0.3) is 0 Å². The van der Waals surface area contributed by atoms with Gasteiger partial charge in [0.15, 0.2) is 7.14 Å². The predicted octanol–water partition coefficient (Wildman–Crippen LogP) is 11.8. The van der Waals surface area contributed by atoms with Crippen LogP contribution < -0.4 is 15.9 Å². The van der Waals surface area contributed by atoms with Crippen LogP contribution in [0.4, 0.5) is 0 Å². The highest BCUT2D eigenvalue weighted by Crippen LogP contribution is 2.47. The molecule has 4 nitrogen and oxygen atoms in total. The summed E-state index contributed by atoms with van der Waals surface area (Å²) in [6.07, 6.45) is 7.32. The lowest BCUT2D eigenvalue weighted by molar-refractivity contribution is 0.591. The Morgan fingerprint density at radius 2 is 0.911 bits per heavy atom. The number of aromatic nitrogens is 3. The van der Waals surface area contributed by atoms with Crippen LogP contribution in [0, 0.1) is 0 Å². The van der Waals surface area contributed by atoms with Gasteiger partial charge in [0.2, 0.25) is 0 Å². The smallest absolute Gasteiger partial charge is 0.171 e. The van der Waals surface area contributed by atoms with Crippen LogP contribution >= 0.6 is 7.14 Å². The van der Waals surface area contributed by atoms with E-state index in [1.807, 2.05) is 85.2 Å². The van der Waals surface area contributed by atoms with E-state index in [4.69, 9.17) is 4.98 Å². The molecule has 56 heavy (non-hydrogen) atoms. The first-order valence-electron chi connectivity index (χ1n) is 18.9. The number of hydrogen-bond donors (Lipinski definition) is 0. The van der Waals surface area contributed by atoms with E-state index in [9.17, 15) is 0 Å². The number of rotatable bonds is 7. The normalized spacial score (nSPS) is 11.9. The van der Waals surface area contributed by atoms with Crippen molar-refractivity contribution in [2.75, 3.05) is 0 Å². The van der Waals surface area contributed by atoms with Crippen LogP contribution in [0.2, 0.25) is 0 Å². The topological polar surface area (TPSA) is 55.7 Å². The maximum Gasteiger partial charge on any atom is 0.171 e. The molecule has 0 radical (unpaired) electrons. The molecule has 0 aliphatic carbocycles. The molecule has 0 bridgehead atoms. The van der Waals surface area contributed by atoms with Crippen LogP contribution in [0.5, 0.6) is 0 Å². The van der Waals surface area contributed by atoms with Crippen molar-refractivity contribution < 1.29 is 4.57 Å². The minimum absolute atomic E-state index is 0.0745. The number of pyridine rings is 3. The summed E-state index contributed by atoms with van der Waals surface area (Å²) in [6, 6.07) is 56.2. The Kier molecular flexibility index (Phi) is 9.00. The standard InChI is InChI=1S/C51H40N3OP/c1-51(2,3)39-24-27-45-46(32-39)50(38-30-47(36-14-12-28-52-33-36)54-48(31-38)37-15-13-29-53-34-37)44-21-11-10-20-43(44)49(45)35-22-25-42(26-23-35)56(55,40-16-6-4-7-17-40)41-18-8-5-9-19-41/h4-34H,1-3H3. The van der Waals surface area contributed by atoms with Crippen molar-refractivity contribution >= 4 is 44.6 Å². The summed E-state index contributed by atoms with van der Waals surface area (Å²) in [4.78, 5) is 14.0. The van der Waals surface area contributed by atoms with Crippen molar-refractivity contribution in [3.63, 3.8) is 0 Å². The molecule has 9 rings (SSSR count). The average Bonchev–Trinajstić information content (AvgIpc) is 3.26. The van der Waals surface area contributed by atoms with Gasteiger partial charge in [0.1, 0.15) is 0 Å². The second-order valence-corrected chi connectivity index (χ2v) is 18.0. The molecular weight excluding hydrogens is 702 g/mol. The number of hydrogen-bond acceptors (Lipinski definition) is 4. The van der Waals surface area contributed by atoms with Crippen molar-refractivity contribution in [3.8, 4) is 44.8 Å². The SMILES string of the molecule is CC(C)(C)c1ccc2c(-c3ccc(P(=O)(c4ccccc4)c4ccccc4)cc3)c3ccccc3c(-c3cc(-c4cccnc4)nc(-c4cccnc4)c3)c2c1. The zero-order valence-electron chi connectivity index (χ0n) is 31.6. The van der Waals surface area contributed by atoms with Gasteiger partial charge < -0.3 is 4.57 Å². The first-order chi connectivity index (χ1) is 27.3. The van der Waals surface area contributed by atoms with Crippen LogP contribution in [0.3, 0.4) is 0 Å². The molecule has 0 saturated heterocycles. The molecule has 0 spiro atoms. The maximum atomic E-state index is 15.3. The average molecular weight is 742 g/mol. The number of nitrogens with zero attached hydrogens (tertiary/aromatic N) is 3. The first kappa shape index (κ1) is 35.2. The minimum Gasteiger partial charge on any atom is -0.309 e. The highest BCUT2D eigenvalue weighted by atomic mass is 31.2. The molecular formula is C51H40N3OP. The quantitative estimate of drug-likeness (QED) is 0.121. The molecule has 0 unspecified atom stereocenters. The molecule has 0 aliphatic rings. The van der Waals surface area contributed by atoms with Crippen LogP contribution in [0.1, 0.15) is 26.3 Å². The largest absolute Gasteiger partial charge is 0.309 e. The molecule has 6 aromatic carbocycles. The minimum atomic E-state index is -3.13.